The second-order valence-corrected chi connectivity index (χ2v) is 8.24. The molecule has 0 bridgehead atoms. The molecule has 7 nitrogen and oxygen atoms in total. The van der Waals surface area contributed by atoms with E-state index in [1.54, 1.807) is 6.08 Å². The third-order valence-electron chi connectivity index (χ3n) is 5.98. The van der Waals surface area contributed by atoms with E-state index in [0.717, 1.165) is 45.2 Å². The van der Waals surface area contributed by atoms with Crippen molar-refractivity contribution in [2.45, 2.75) is 34.2 Å². The molecule has 0 unspecified atom stereocenters. The van der Waals surface area contributed by atoms with Gasteiger partial charge >= 0.3 is 0 Å². The van der Waals surface area contributed by atoms with Gasteiger partial charge in [0.25, 0.3) is 0 Å². The highest BCUT2D eigenvalue weighted by atomic mass is 16.5. The first-order valence-electron chi connectivity index (χ1n) is 10.8. The number of ketones is 1. The summed E-state index contributed by atoms with van der Waals surface area (Å²) in [5.74, 6) is 1.40. The van der Waals surface area contributed by atoms with Crippen molar-refractivity contribution < 1.29 is 9.32 Å². The van der Waals surface area contributed by atoms with Crippen molar-refractivity contribution in [1.82, 2.24) is 23.9 Å². The lowest BCUT2D eigenvalue weighted by molar-refractivity contribution is 0.104. The van der Waals surface area contributed by atoms with Crippen LogP contribution < -0.4 is 0 Å². The molecule has 0 saturated heterocycles. The Morgan fingerprint density at radius 2 is 1.88 bits per heavy atom. The highest BCUT2D eigenvalue weighted by molar-refractivity contribution is 6.12. The Hall–Kier alpha value is -4.13. The maximum Gasteiger partial charge on any atom is 0.191 e. The number of imidazole rings is 1. The Kier molecular flexibility index (Phi) is 4.89. The van der Waals surface area contributed by atoms with E-state index in [4.69, 9.17) is 4.52 Å². The number of aryl methyl sites for hydroxylation is 3. The van der Waals surface area contributed by atoms with E-state index >= 15 is 0 Å². The Bertz CT molecular complexity index is 1570. The van der Waals surface area contributed by atoms with Crippen molar-refractivity contribution in [2.24, 2.45) is 0 Å². The molecular weight excluding hydrogens is 414 g/mol. The number of nitrogens with zero attached hydrogens (tertiary/aromatic N) is 5. The topological polar surface area (TPSA) is 70.3 Å². The largest absolute Gasteiger partial charge is 0.360 e. The van der Waals surface area contributed by atoms with Gasteiger partial charge in [0.2, 0.25) is 0 Å². The number of allylic oxidation sites excluding steroid dienone is 2. The van der Waals surface area contributed by atoms with Gasteiger partial charge in [-0.25, -0.2) is 4.52 Å². The summed E-state index contributed by atoms with van der Waals surface area (Å²) in [6.07, 6.45) is 5.32. The van der Waals surface area contributed by atoms with Crippen LogP contribution in [0.1, 0.15) is 38.8 Å². The SMILES string of the molecule is C=CCn1c2ccccc2n2nc(C)c(C(=O)C=Cc3cc(C)n(-c4cc(C)on4)c3C)c12. The summed E-state index contributed by atoms with van der Waals surface area (Å²) in [5.41, 5.74) is 7.03. The summed E-state index contributed by atoms with van der Waals surface area (Å²) in [5, 5.41) is 8.81. The molecule has 0 N–H and O–H groups in total. The minimum Gasteiger partial charge on any atom is -0.360 e. The number of benzene rings is 1. The standard InChI is InChI=1S/C26H25N5O2/c1-6-13-29-21-9-7-8-10-22(21)31-26(29)25(18(4)27-31)23(32)12-11-20-14-16(2)30(19(20)5)24-15-17(3)33-28-24/h6-12,14-15H,1,13H2,2-5H3. The van der Waals surface area contributed by atoms with Crippen molar-refractivity contribution in [2.75, 3.05) is 0 Å². The van der Waals surface area contributed by atoms with Gasteiger partial charge in [-0.1, -0.05) is 23.4 Å². The van der Waals surface area contributed by atoms with Gasteiger partial charge in [0.1, 0.15) is 11.4 Å². The van der Waals surface area contributed by atoms with Gasteiger partial charge < -0.3 is 9.09 Å². The summed E-state index contributed by atoms with van der Waals surface area (Å²) in [6, 6.07) is 11.9. The molecule has 0 atom stereocenters. The summed E-state index contributed by atoms with van der Waals surface area (Å²) in [6.45, 7) is 12.2. The van der Waals surface area contributed by atoms with Crippen LogP contribution in [0.25, 0.3) is 28.6 Å². The average molecular weight is 440 g/mol. The van der Waals surface area contributed by atoms with Crippen LogP contribution in [-0.2, 0) is 6.54 Å². The van der Waals surface area contributed by atoms with E-state index in [-0.39, 0.29) is 5.78 Å². The minimum atomic E-state index is -0.0855. The van der Waals surface area contributed by atoms with Gasteiger partial charge in [0.05, 0.1) is 22.3 Å². The molecule has 4 heterocycles. The normalized spacial score (nSPS) is 11.9. The molecular formula is C26H25N5O2. The van der Waals surface area contributed by atoms with Gasteiger partial charge in [-0.2, -0.15) is 5.10 Å². The fourth-order valence-corrected chi connectivity index (χ4v) is 4.54. The highest BCUT2D eigenvalue weighted by Gasteiger charge is 2.22. The van der Waals surface area contributed by atoms with Crippen LogP contribution in [-0.4, -0.2) is 29.7 Å². The van der Waals surface area contributed by atoms with Crippen LogP contribution in [0.15, 0.2) is 59.7 Å². The summed E-state index contributed by atoms with van der Waals surface area (Å²) in [4.78, 5) is 13.4. The Labute approximate surface area is 191 Å². The lowest BCUT2D eigenvalue weighted by atomic mass is 10.1. The van der Waals surface area contributed by atoms with Gasteiger partial charge in [-0.3, -0.25) is 9.36 Å². The number of hydrogen-bond acceptors (Lipinski definition) is 4. The second-order valence-electron chi connectivity index (χ2n) is 8.24. The van der Waals surface area contributed by atoms with Crippen molar-refractivity contribution in [1.29, 1.82) is 0 Å². The van der Waals surface area contributed by atoms with Crippen LogP contribution in [0.2, 0.25) is 0 Å². The predicted molar refractivity (Wildman–Crippen MR) is 129 cm³/mol. The monoisotopic (exact) mass is 439 g/mol. The lowest BCUT2D eigenvalue weighted by Gasteiger charge is -2.04. The van der Waals surface area contributed by atoms with Crippen molar-refractivity contribution in [3.05, 3.63) is 89.1 Å². The number of para-hydroxylation sites is 2. The molecule has 0 saturated carbocycles. The van der Waals surface area contributed by atoms with Crippen molar-refractivity contribution >= 4 is 28.5 Å². The van der Waals surface area contributed by atoms with Crippen LogP contribution in [0.3, 0.4) is 0 Å². The van der Waals surface area contributed by atoms with E-state index in [9.17, 15) is 4.79 Å². The molecule has 0 aliphatic carbocycles. The first kappa shape index (κ1) is 20.8. The molecule has 1 aromatic carbocycles. The fourth-order valence-electron chi connectivity index (χ4n) is 4.54. The third-order valence-corrected chi connectivity index (χ3v) is 5.98. The maximum absolute atomic E-state index is 13.4. The zero-order valence-electron chi connectivity index (χ0n) is 19.2. The van der Waals surface area contributed by atoms with Crippen molar-refractivity contribution in [3.63, 3.8) is 0 Å². The number of carbonyl (C=O) groups is 1. The van der Waals surface area contributed by atoms with Gasteiger partial charge in [0, 0.05) is 24.0 Å². The maximum atomic E-state index is 13.4. The van der Waals surface area contributed by atoms with Crippen LogP contribution in [0, 0.1) is 27.7 Å². The average Bonchev–Trinajstić information content (AvgIpc) is 3.50. The van der Waals surface area contributed by atoms with Crippen LogP contribution >= 0.6 is 0 Å². The molecule has 33 heavy (non-hydrogen) atoms. The molecule has 5 aromatic rings. The summed E-state index contributed by atoms with van der Waals surface area (Å²) >= 11 is 0. The molecule has 0 spiro atoms. The fraction of sp³-hybridized carbons (Fsp3) is 0.192. The quantitative estimate of drug-likeness (QED) is 0.202. The van der Waals surface area contributed by atoms with E-state index in [0.29, 0.717) is 17.8 Å². The van der Waals surface area contributed by atoms with Crippen molar-refractivity contribution in [3.8, 4) is 5.82 Å². The number of rotatable bonds is 6. The number of carbonyl (C=O) groups excluding carboxylic acids is 1. The van der Waals surface area contributed by atoms with Gasteiger partial charge in [0.15, 0.2) is 11.6 Å². The molecule has 0 aliphatic rings. The van der Waals surface area contributed by atoms with Gasteiger partial charge in [-0.05, 0) is 63.6 Å². The molecule has 0 fully saturated rings. The molecule has 4 aromatic heterocycles. The minimum absolute atomic E-state index is 0.0855. The first-order chi connectivity index (χ1) is 15.9. The number of hydrogen-bond donors (Lipinski definition) is 0. The first-order valence-corrected chi connectivity index (χ1v) is 10.8. The zero-order valence-corrected chi connectivity index (χ0v) is 19.2. The smallest absolute Gasteiger partial charge is 0.191 e. The van der Waals surface area contributed by atoms with Crippen LogP contribution in [0.4, 0.5) is 0 Å². The van der Waals surface area contributed by atoms with Gasteiger partial charge in [-0.15, -0.1) is 6.58 Å². The Balaban J connectivity index is 1.58. The number of aromatic nitrogens is 5. The van der Waals surface area contributed by atoms with E-state index in [1.807, 2.05) is 85.3 Å². The van der Waals surface area contributed by atoms with E-state index in [1.165, 1.54) is 0 Å². The number of fused-ring (bicyclic) bond motifs is 3. The van der Waals surface area contributed by atoms with E-state index in [2.05, 4.69) is 21.4 Å². The predicted octanol–water partition coefficient (Wildman–Crippen LogP) is 5.38. The zero-order chi connectivity index (χ0) is 23.3. The summed E-state index contributed by atoms with van der Waals surface area (Å²) in [7, 11) is 0. The summed E-state index contributed by atoms with van der Waals surface area (Å²) < 4.78 is 11.2. The molecule has 0 aliphatic heterocycles. The molecule has 0 radical (unpaired) electrons. The highest BCUT2D eigenvalue weighted by Crippen LogP contribution is 2.27. The molecule has 5 rings (SSSR count). The lowest BCUT2D eigenvalue weighted by Crippen LogP contribution is -2.02. The van der Waals surface area contributed by atoms with Crippen LogP contribution in [0.5, 0.6) is 0 Å². The molecule has 7 heteroatoms. The second kappa shape index (κ2) is 7.78. The molecule has 0 amide bonds. The van der Waals surface area contributed by atoms with E-state index < -0.39 is 0 Å². The Morgan fingerprint density at radius 3 is 2.58 bits per heavy atom. The Morgan fingerprint density at radius 1 is 1.12 bits per heavy atom. The third kappa shape index (κ3) is 3.24. The molecule has 166 valence electrons.